The lowest BCUT2D eigenvalue weighted by Gasteiger charge is -2.43. The summed E-state index contributed by atoms with van der Waals surface area (Å²) < 4.78 is 29.9. The van der Waals surface area contributed by atoms with Crippen molar-refractivity contribution in [2.75, 3.05) is 13.2 Å². The summed E-state index contributed by atoms with van der Waals surface area (Å²) in [6.07, 6.45) is 31.3. The van der Waals surface area contributed by atoms with Gasteiger partial charge in [0.1, 0.15) is 18.8 Å². The first-order valence-corrected chi connectivity index (χ1v) is 26.3. The maximum absolute atomic E-state index is 13.6. The van der Waals surface area contributed by atoms with Crippen LogP contribution < -0.4 is 5.32 Å². The Morgan fingerprint density at radius 3 is 1.75 bits per heavy atom. The van der Waals surface area contributed by atoms with Gasteiger partial charge in [-0.3, -0.25) is 14.4 Å². The largest absolute Gasteiger partial charge is 0.463 e. The summed E-state index contributed by atoms with van der Waals surface area (Å²) in [5.41, 5.74) is 0.324. The Bertz CT molecular complexity index is 1440. The first-order chi connectivity index (χ1) is 31.7. The van der Waals surface area contributed by atoms with Crippen LogP contribution >= 0.6 is 0 Å². The van der Waals surface area contributed by atoms with Crippen molar-refractivity contribution >= 4 is 23.8 Å². The minimum Gasteiger partial charge on any atom is -0.463 e. The van der Waals surface area contributed by atoms with Gasteiger partial charge in [0.15, 0.2) is 12.4 Å². The molecule has 0 radical (unpaired) electrons. The maximum atomic E-state index is 13.6. The molecule has 2 heterocycles. The number of hydrogen-bond acceptors (Lipinski definition) is 10. The monoisotopic (exact) mass is 912 g/mol. The number of rotatable bonds is 32. The molecule has 370 valence electrons. The third-order valence-corrected chi connectivity index (χ3v) is 13.0. The topological polar surface area (TPSA) is 147 Å². The van der Waals surface area contributed by atoms with Crippen LogP contribution in [-0.4, -0.2) is 78.9 Å². The average molecular weight is 912 g/mol. The van der Waals surface area contributed by atoms with E-state index >= 15 is 0 Å². The Morgan fingerprint density at radius 2 is 1.20 bits per heavy atom. The van der Waals surface area contributed by atoms with Gasteiger partial charge in [0.05, 0.1) is 37.2 Å². The number of benzene rings is 1. The predicted octanol–water partition coefficient (Wildman–Crippen LogP) is 12.2. The number of carbonyl (C=O) groups is 4. The number of aliphatic hydroxyl groups is 1. The molecule has 2 bridgehead atoms. The number of amides is 1. The van der Waals surface area contributed by atoms with Crippen LogP contribution in [-0.2, 0) is 38.1 Å². The van der Waals surface area contributed by atoms with Gasteiger partial charge in [-0.1, -0.05) is 199 Å². The van der Waals surface area contributed by atoms with Crippen LogP contribution in [0.15, 0.2) is 42.5 Å². The lowest BCUT2D eigenvalue weighted by atomic mass is 9.90. The van der Waals surface area contributed by atoms with Crippen molar-refractivity contribution in [1.29, 1.82) is 0 Å². The molecular weight excluding hydrogens is 823 g/mol. The fraction of sp³-hybridized carbons (Fsp3) is 0.778. The van der Waals surface area contributed by atoms with Crippen molar-refractivity contribution < 1.29 is 48.0 Å². The van der Waals surface area contributed by atoms with E-state index in [-0.39, 0.29) is 32.0 Å². The molecule has 11 heteroatoms. The summed E-state index contributed by atoms with van der Waals surface area (Å²) in [6, 6.07) is 7.71. The van der Waals surface area contributed by atoms with Crippen molar-refractivity contribution in [3.63, 3.8) is 0 Å². The van der Waals surface area contributed by atoms with Gasteiger partial charge in [0.25, 0.3) is 0 Å². The first-order valence-electron chi connectivity index (χ1n) is 26.3. The number of aliphatic hydroxyl groups excluding tert-OH is 1. The highest BCUT2D eigenvalue weighted by Gasteiger charge is 2.47. The molecule has 2 unspecified atom stereocenters. The summed E-state index contributed by atoms with van der Waals surface area (Å²) in [6.45, 7) is 5.79. The van der Waals surface area contributed by atoms with E-state index in [2.05, 4.69) is 19.2 Å². The quantitative estimate of drug-likeness (QED) is 0.0310. The Hall–Kier alpha value is -3.28. The van der Waals surface area contributed by atoms with E-state index in [0.717, 1.165) is 44.9 Å². The van der Waals surface area contributed by atoms with Gasteiger partial charge >= 0.3 is 17.9 Å². The summed E-state index contributed by atoms with van der Waals surface area (Å²) in [4.78, 5) is 53.0. The zero-order valence-corrected chi connectivity index (χ0v) is 40.8. The molecule has 65 heavy (non-hydrogen) atoms. The number of carbonyl (C=O) groups excluding carboxylic acids is 4. The summed E-state index contributed by atoms with van der Waals surface area (Å²) >= 11 is 0. The fourth-order valence-electron chi connectivity index (χ4n) is 8.74. The molecule has 0 saturated carbocycles. The van der Waals surface area contributed by atoms with Crippen LogP contribution in [0, 0.1) is 5.92 Å². The molecule has 0 spiro atoms. The molecule has 2 aliphatic heterocycles. The molecule has 2 saturated heterocycles. The van der Waals surface area contributed by atoms with Crippen LogP contribution in [0.2, 0.25) is 0 Å². The number of nitrogens with one attached hydrogen (secondary N) is 1. The standard InChI is InChI=1S/C54H89NO10/c1-4-6-8-10-12-14-16-18-19-21-23-25-27-29-34-38-48(56)55-45-41-62-54-52(65-53(60)44-35-31-30-32-36-44)43(3)51(59)47(64-54)42-61-49(57)39-40-50(58)63-46(45)37-33-28-26-24-22-20-17-15-13-11-9-7-5-2/h30-33,35-37,43,45-47,51-52,54,59H,4-29,34,38-42H2,1-3H3,(H,55,56)/b37-33+/t43-,45-,46+,47?,51+,52?,54-/m0/s1. The Kier molecular flexibility index (Phi) is 30.9. The van der Waals surface area contributed by atoms with Gasteiger partial charge in [-0.05, 0) is 37.5 Å². The van der Waals surface area contributed by atoms with E-state index in [1.54, 1.807) is 37.3 Å². The van der Waals surface area contributed by atoms with Gasteiger partial charge in [-0.2, -0.15) is 0 Å². The maximum Gasteiger partial charge on any atom is 0.338 e. The molecule has 1 aromatic carbocycles. The highest BCUT2D eigenvalue weighted by Crippen LogP contribution is 2.31. The van der Waals surface area contributed by atoms with Gasteiger partial charge in [-0.15, -0.1) is 0 Å². The van der Waals surface area contributed by atoms with Crippen molar-refractivity contribution in [2.24, 2.45) is 5.92 Å². The molecule has 0 aliphatic carbocycles. The van der Waals surface area contributed by atoms with Crippen LogP contribution in [0.1, 0.15) is 224 Å². The number of allylic oxidation sites excluding steroid dienone is 1. The van der Waals surface area contributed by atoms with Crippen molar-refractivity contribution in [2.45, 2.75) is 250 Å². The molecule has 2 N–H and O–H groups in total. The second kappa shape index (κ2) is 35.9. The van der Waals surface area contributed by atoms with Crippen molar-refractivity contribution in [1.82, 2.24) is 5.32 Å². The first kappa shape index (κ1) is 56.0. The molecule has 2 fully saturated rings. The lowest BCUT2D eigenvalue weighted by molar-refractivity contribution is -0.289. The third-order valence-electron chi connectivity index (χ3n) is 13.0. The molecule has 0 aromatic heterocycles. The van der Waals surface area contributed by atoms with E-state index in [0.29, 0.717) is 12.0 Å². The Balaban J connectivity index is 1.64. The molecule has 2 aliphatic rings. The molecule has 1 aromatic rings. The number of fused-ring (bicyclic) bond motifs is 2. The summed E-state index contributed by atoms with van der Waals surface area (Å²) in [5.74, 6) is -2.72. The number of esters is 3. The lowest BCUT2D eigenvalue weighted by Crippen LogP contribution is -2.58. The zero-order chi connectivity index (χ0) is 46.7. The number of ether oxygens (including phenoxy) is 5. The zero-order valence-electron chi connectivity index (χ0n) is 40.8. The van der Waals surface area contributed by atoms with Gasteiger partial charge in [-0.25, -0.2) is 4.79 Å². The van der Waals surface area contributed by atoms with Crippen molar-refractivity contribution in [3.8, 4) is 0 Å². The van der Waals surface area contributed by atoms with E-state index in [1.807, 2.05) is 12.2 Å². The van der Waals surface area contributed by atoms with Crippen LogP contribution in [0.4, 0.5) is 0 Å². The van der Waals surface area contributed by atoms with Crippen LogP contribution in [0.5, 0.6) is 0 Å². The SMILES string of the molecule is CCCCCCCCCCCCC/C=C/[C@H]1OC(=O)CCC(=O)OCC2O[C@H](OC[C@@H]1NC(=O)CCCCCCCCCCCCCCCCC)C(OC(=O)c1ccccc1)[C@@H](C)[C@H]2O. The van der Waals surface area contributed by atoms with E-state index in [1.165, 1.54) is 128 Å². The summed E-state index contributed by atoms with van der Waals surface area (Å²) in [7, 11) is 0. The van der Waals surface area contributed by atoms with Crippen LogP contribution in [0.3, 0.4) is 0 Å². The molecule has 7 atom stereocenters. The average Bonchev–Trinajstić information content (AvgIpc) is 3.31. The van der Waals surface area contributed by atoms with Gasteiger partial charge < -0.3 is 34.1 Å². The normalized spacial score (nSPS) is 23.1. The molecule has 11 nitrogen and oxygen atoms in total. The predicted molar refractivity (Wildman–Crippen MR) is 257 cm³/mol. The van der Waals surface area contributed by atoms with Crippen LogP contribution in [0.25, 0.3) is 0 Å². The Morgan fingerprint density at radius 1 is 0.692 bits per heavy atom. The highest BCUT2D eigenvalue weighted by molar-refractivity contribution is 5.89. The fourth-order valence-corrected chi connectivity index (χ4v) is 8.74. The minimum atomic E-state index is -1.20. The van der Waals surface area contributed by atoms with E-state index in [4.69, 9.17) is 23.7 Å². The van der Waals surface area contributed by atoms with E-state index < -0.39 is 60.6 Å². The second-order valence-electron chi connectivity index (χ2n) is 18.7. The smallest absolute Gasteiger partial charge is 0.338 e. The van der Waals surface area contributed by atoms with Gasteiger partial charge in [0.2, 0.25) is 5.91 Å². The molecule has 1 amide bonds. The number of cyclic esters (lactones) is 2. The highest BCUT2D eigenvalue weighted by atomic mass is 16.7. The van der Waals surface area contributed by atoms with E-state index in [9.17, 15) is 24.3 Å². The minimum absolute atomic E-state index is 0.148. The number of hydrogen-bond donors (Lipinski definition) is 2. The Labute approximate surface area is 393 Å². The molecular formula is C54H89NO10. The summed E-state index contributed by atoms with van der Waals surface area (Å²) in [5, 5.41) is 14.4. The molecule has 3 rings (SSSR count). The second-order valence-corrected chi connectivity index (χ2v) is 18.7. The van der Waals surface area contributed by atoms with Crippen molar-refractivity contribution in [3.05, 3.63) is 48.0 Å². The third kappa shape index (κ3) is 24.9. The number of unbranched alkanes of at least 4 members (excludes halogenated alkanes) is 25. The van der Waals surface area contributed by atoms with Gasteiger partial charge in [0, 0.05) is 12.3 Å².